The number of methoxy groups -OCH3 is 1. The van der Waals surface area contributed by atoms with Crippen LogP contribution in [0.2, 0.25) is 6.04 Å². The van der Waals surface area contributed by atoms with Gasteiger partial charge in [0.15, 0.2) is 0 Å². The van der Waals surface area contributed by atoms with E-state index >= 15 is 0 Å². The zero-order chi connectivity index (χ0) is 9.07. The highest BCUT2D eigenvalue weighted by molar-refractivity contribution is 7.65. The molecule has 64 valence electrons. The van der Waals surface area contributed by atoms with Crippen molar-refractivity contribution in [2.24, 2.45) is 0 Å². The SMILES string of the molecule is C=C(C[Si](Cl)(Cl)Cl)C(=O)OC. The van der Waals surface area contributed by atoms with Crippen LogP contribution in [0.15, 0.2) is 12.2 Å². The summed E-state index contributed by atoms with van der Waals surface area (Å²) in [7, 11) is 1.26. The second kappa shape index (κ2) is 4.35. The second-order valence-electron chi connectivity index (χ2n) is 1.89. The van der Waals surface area contributed by atoms with Crippen molar-refractivity contribution < 1.29 is 9.53 Å². The Morgan fingerprint density at radius 2 is 2.00 bits per heavy atom. The highest BCUT2D eigenvalue weighted by Gasteiger charge is 2.28. The van der Waals surface area contributed by atoms with E-state index in [1.54, 1.807) is 0 Å². The lowest BCUT2D eigenvalue weighted by Gasteiger charge is -2.07. The molecular weight excluding hydrogens is 226 g/mol. The Labute approximate surface area is 80.2 Å². The van der Waals surface area contributed by atoms with E-state index in [-0.39, 0.29) is 11.6 Å². The lowest BCUT2D eigenvalue weighted by molar-refractivity contribution is -0.135. The third-order valence-electron chi connectivity index (χ3n) is 0.888. The zero-order valence-electron chi connectivity index (χ0n) is 5.86. The summed E-state index contributed by atoms with van der Waals surface area (Å²) in [6, 6.07) is -2.67. The van der Waals surface area contributed by atoms with E-state index in [0.29, 0.717) is 0 Å². The van der Waals surface area contributed by atoms with Crippen LogP contribution in [0.3, 0.4) is 0 Å². The quantitative estimate of drug-likeness (QED) is 0.324. The topological polar surface area (TPSA) is 26.3 Å². The Morgan fingerprint density at radius 3 is 2.27 bits per heavy atom. The molecule has 0 heterocycles. The van der Waals surface area contributed by atoms with E-state index in [4.69, 9.17) is 33.2 Å². The number of esters is 1. The molecule has 0 rings (SSSR count). The molecule has 2 nitrogen and oxygen atoms in total. The Kier molecular flexibility index (Phi) is 4.47. The molecule has 0 saturated carbocycles. The molecule has 0 aromatic rings. The average molecular weight is 234 g/mol. The van der Waals surface area contributed by atoms with Gasteiger partial charge < -0.3 is 4.74 Å². The molecule has 0 atom stereocenters. The molecule has 0 unspecified atom stereocenters. The first-order valence-electron chi connectivity index (χ1n) is 2.69. The van der Waals surface area contributed by atoms with Crippen molar-refractivity contribution in [1.29, 1.82) is 0 Å². The summed E-state index contributed by atoms with van der Waals surface area (Å²) >= 11 is 16.6. The van der Waals surface area contributed by atoms with Gasteiger partial charge in [0, 0.05) is 11.6 Å². The van der Waals surface area contributed by atoms with E-state index in [1.807, 2.05) is 0 Å². The van der Waals surface area contributed by atoms with Crippen molar-refractivity contribution in [3.8, 4) is 0 Å². The number of carbonyl (C=O) groups excluding carboxylic acids is 1. The Bertz CT molecular complexity index is 175. The van der Waals surface area contributed by atoms with Crippen molar-refractivity contribution in [2.45, 2.75) is 6.04 Å². The summed E-state index contributed by atoms with van der Waals surface area (Å²) < 4.78 is 4.37. The van der Waals surface area contributed by atoms with E-state index in [1.165, 1.54) is 7.11 Å². The highest BCUT2D eigenvalue weighted by atomic mass is 35.8. The molecule has 0 aliphatic heterocycles. The Morgan fingerprint density at radius 1 is 1.55 bits per heavy atom. The minimum atomic E-state index is -2.78. The number of halogens is 3. The summed E-state index contributed by atoms with van der Waals surface area (Å²) in [5.41, 5.74) is 0.208. The van der Waals surface area contributed by atoms with Crippen molar-refractivity contribution in [3.63, 3.8) is 0 Å². The summed E-state index contributed by atoms with van der Waals surface area (Å²) in [5.74, 6) is -0.524. The molecule has 0 aromatic carbocycles. The van der Waals surface area contributed by atoms with Crippen LogP contribution in [0.4, 0.5) is 0 Å². The van der Waals surface area contributed by atoms with E-state index in [0.717, 1.165) is 0 Å². The van der Waals surface area contributed by atoms with Gasteiger partial charge >= 0.3 is 12.0 Å². The van der Waals surface area contributed by atoms with Gasteiger partial charge in [-0.25, -0.2) is 4.79 Å². The first-order chi connectivity index (χ1) is 4.87. The largest absolute Gasteiger partial charge is 0.466 e. The zero-order valence-corrected chi connectivity index (χ0v) is 9.13. The molecule has 0 N–H and O–H groups in total. The Balaban J connectivity index is 3.99. The van der Waals surface area contributed by atoms with Crippen LogP contribution >= 0.6 is 33.2 Å². The predicted molar refractivity (Wildman–Crippen MR) is 49.3 cm³/mol. The van der Waals surface area contributed by atoms with E-state index in [9.17, 15) is 4.79 Å². The molecular formula is C5H7Cl3O2Si. The molecule has 0 spiro atoms. The lowest BCUT2D eigenvalue weighted by atomic mass is 10.4. The maximum absolute atomic E-state index is 10.7. The molecule has 6 heteroatoms. The number of carbonyl (C=O) groups is 1. The van der Waals surface area contributed by atoms with Gasteiger partial charge in [-0.2, -0.15) is 0 Å². The minimum Gasteiger partial charge on any atom is -0.466 e. The van der Waals surface area contributed by atoms with Crippen LogP contribution < -0.4 is 0 Å². The smallest absolute Gasteiger partial charge is 0.345 e. The monoisotopic (exact) mass is 232 g/mol. The molecule has 0 aliphatic carbocycles. The third kappa shape index (κ3) is 5.55. The summed E-state index contributed by atoms with van der Waals surface area (Å²) in [6.45, 7) is 3.42. The maximum Gasteiger partial charge on any atom is 0.345 e. The Hall–Kier alpha value is 0.297. The van der Waals surface area contributed by atoms with Crippen molar-refractivity contribution in [3.05, 3.63) is 12.2 Å². The number of rotatable bonds is 3. The van der Waals surface area contributed by atoms with Gasteiger partial charge in [0.1, 0.15) is 0 Å². The first kappa shape index (κ1) is 11.3. The second-order valence-corrected chi connectivity index (χ2v) is 11.0. The van der Waals surface area contributed by atoms with Crippen LogP contribution in [-0.4, -0.2) is 19.1 Å². The highest BCUT2D eigenvalue weighted by Crippen LogP contribution is 2.28. The summed E-state index contributed by atoms with van der Waals surface area (Å²) in [6.07, 6.45) is 0. The number of hydrogen-bond donors (Lipinski definition) is 0. The van der Waals surface area contributed by atoms with Gasteiger partial charge in [0.25, 0.3) is 0 Å². The van der Waals surface area contributed by atoms with Gasteiger partial charge in [-0.15, -0.1) is 33.2 Å². The fourth-order valence-electron chi connectivity index (χ4n) is 0.458. The standard InChI is InChI=1S/C5H7Cl3O2Si/c1-4(5(9)10-2)3-11(6,7)8/h1,3H2,2H3. The molecule has 0 fully saturated rings. The molecule has 0 radical (unpaired) electrons. The van der Waals surface area contributed by atoms with Crippen LogP contribution in [-0.2, 0) is 9.53 Å². The maximum atomic E-state index is 10.7. The molecule has 0 bridgehead atoms. The normalized spacial score (nSPS) is 10.9. The van der Waals surface area contributed by atoms with Gasteiger partial charge in [-0.05, 0) is 0 Å². The van der Waals surface area contributed by atoms with Crippen LogP contribution in [0.25, 0.3) is 0 Å². The van der Waals surface area contributed by atoms with Crippen molar-refractivity contribution in [2.75, 3.05) is 7.11 Å². The molecule has 0 aromatic heterocycles. The van der Waals surface area contributed by atoms with Gasteiger partial charge in [0.2, 0.25) is 0 Å². The van der Waals surface area contributed by atoms with Crippen molar-refractivity contribution >= 4 is 45.2 Å². The predicted octanol–water partition coefficient (Wildman–Crippen LogP) is 2.37. The van der Waals surface area contributed by atoms with Gasteiger partial charge in [-0.3, -0.25) is 0 Å². The first-order valence-corrected chi connectivity index (χ1v) is 7.94. The third-order valence-corrected chi connectivity index (χ3v) is 2.92. The molecule has 0 aliphatic rings. The fourth-order valence-corrected chi connectivity index (χ4v) is 2.54. The molecule has 0 amide bonds. The summed E-state index contributed by atoms with van der Waals surface area (Å²) in [5, 5.41) is 0. The summed E-state index contributed by atoms with van der Waals surface area (Å²) in [4.78, 5) is 10.7. The van der Waals surface area contributed by atoms with E-state index < -0.39 is 12.0 Å². The van der Waals surface area contributed by atoms with E-state index in [2.05, 4.69) is 11.3 Å². The fraction of sp³-hybridized carbons (Fsp3) is 0.400. The van der Waals surface area contributed by atoms with Crippen LogP contribution in [0, 0.1) is 0 Å². The van der Waals surface area contributed by atoms with Crippen LogP contribution in [0.1, 0.15) is 0 Å². The minimum absolute atomic E-state index is 0.115. The average Bonchev–Trinajstić information content (AvgIpc) is 1.82. The lowest BCUT2D eigenvalue weighted by Crippen LogP contribution is -2.14. The van der Waals surface area contributed by atoms with Gasteiger partial charge in [0.05, 0.1) is 7.11 Å². The van der Waals surface area contributed by atoms with Crippen LogP contribution in [0.5, 0.6) is 0 Å². The number of ether oxygens (including phenoxy) is 1. The van der Waals surface area contributed by atoms with Crippen molar-refractivity contribution in [1.82, 2.24) is 0 Å². The molecule has 0 saturated heterocycles. The molecule has 11 heavy (non-hydrogen) atoms. The number of hydrogen-bond acceptors (Lipinski definition) is 2. The van der Waals surface area contributed by atoms with Gasteiger partial charge in [-0.1, -0.05) is 6.58 Å².